The topological polar surface area (TPSA) is 107 Å². The number of piperazine rings is 1. The molecule has 12 heteroatoms. The minimum atomic E-state index is -4.25. The van der Waals surface area contributed by atoms with E-state index in [0.29, 0.717) is 18.5 Å². The maximum absolute atomic E-state index is 12.7. The lowest BCUT2D eigenvalue weighted by atomic mass is 9.93. The zero-order valence-corrected chi connectivity index (χ0v) is 25.8. The number of hydrogen-bond acceptors (Lipinski definition) is 7. The molecular formula is C33H45F3N6O3. The molecule has 45 heavy (non-hydrogen) atoms. The quantitative estimate of drug-likeness (QED) is 0.184. The summed E-state index contributed by atoms with van der Waals surface area (Å²) in [7, 11) is 0. The largest absolute Gasteiger partial charge is 0.481 e. The molecular weight excluding hydrogens is 585 g/mol. The van der Waals surface area contributed by atoms with Crippen LogP contribution in [0.3, 0.4) is 0 Å². The van der Waals surface area contributed by atoms with Crippen LogP contribution in [0.1, 0.15) is 75.8 Å². The maximum Gasteiger partial charge on any atom is 0.390 e. The number of anilines is 1. The third-order valence-corrected chi connectivity index (χ3v) is 9.07. The number of alkyl halides is 3. The van der Waals surface area contributed by atoms with Crippen molar-refractivity contribution in [2.75, 3.05) is 44.6 Å². The Labute approximate surface area is 262 Å². The highest BCUT2D eigenvalue weighted by atomic mass is 19.4. The molecule has 0 atom stereocenters. The number of carboxylic acid groups (broad SMARTS) is 1. The molecule has 2 aromatic heterocycles. The molecule has 1 saturated carbocycles. The van der Waals surface area contributed by atoms with Gasteiger partial charge in [-0.3, -0.25) is 9.69 Å². The summed E-state index contributed by atoms with van der Waals surface area (Å²) < 4.78 is 40.2. The average Bonchev–Trinajstić information content (AvgIpc) is 3.38. The number of nitrogens with zero attached hydrogens (tertiary/aromatic N) is 5. The molecule has 246 valence electrons. The van der Waals surface area contributed by atoms with Crippen molar-refractivity contribution >= 4 is 23.0 Å². The number of fused-ring (bicyclic) bond motifs is 1. The summed E-state index contributed by atoms with van der Waals surface area (Å²) in [4.78, 5) is 24.6. The summed E-state index contributed by atoms with van der Waals surface area (Å²) in [6.07, 6.45) is 5.50. The van der Waals surface area contributed by atoms with E-state index in [2.05, 4.69) is 60.1 Å². The van der Waals surface area contributed by atoms with E-state index >= 15 is 0 Å². The van der Waals surface area contributed by atoms with E-state index in [0.717, 1.165) is 94.3 Å². The molecule has 1 aliphatic carbocycles. The van der Waals surface area contributed by atoms with Crippen molar-refractivity contribution < 1.29 is 28.2 Å². The summed E-state index contributed by atoms with van der Waals surface area (Å²) in [5.74, 6) is -0.533. The van der Waals surface area contributed by atoms with Gasteiger partial charge in [0.05, 0.1) is 12.5 Å². The molecule has 3 aromatic rings. The standard InChI is InChI=1S/C33H45F3N6O3/c34-33(35,36)14-15-37-32-38-21-28-29(23-42(31(28)39-32)26-10-12-27(43)13-11-26)25-8-6-24(7-9-25)22-41-19-17-40(18-20-41)16-4-2-1-3-5-30(44)45/h6-9,21,23,26-27,43H,1-5,10-20,22H2,(H,44,45)(H,37,38,39). The molecule has 1 aromatic carbocycles. The van der Waals surface area contributed by atoms with Crippen LogP contribution >= 0.6 is 0 Å². The van der Waals surface area contributed by atoms with Gasteiger partial charge >= 0.3 is 12.1 Å². The molecule has 0 spiro atoms. The van der Waals surface area contributed by atoms with E-state index in [1.807, 2.05) is 0 Å². The molecule has 0 bridgehead atoms. The number of aliphatic hydroxyl groups is 1. The summed E-state index contributed by atoms with van der Waals surface area (Å²) >= 11 is 0. The number of benzene rings is 1. The van der Waals surface area contributed by atoms with Gasteiger partial charge in [-0.05, 0) is 56.2 Å². The number of nitrogens with one attached hydrogen (secondary N) is 1. The molecule has 5 rings (SSSR count). The highest BCUT2D eigenvalue weighted by Crippen LogP contribution is 2.37. The second kappa shape index (κ2) is 15.4. The molecule has 0 amide bonds. The molecule has 1 aliphatic heterocycles. The number of rotatable bonds is 14. The Hall–Kier alpha value is -3.22. The number of carboxylic acids is 1. The monoisotopic (exact) mass is 630 g/mol. The Bertz CT molecular complexity index is 1380. The lowest BCUT2D eigenvalue weighted by Crippen LogP contribution is -2.46. The van der Waals surface area contributed by atoms with Gasteiger partial charge in [0.2, 0.25) is 5.95 Å². The van der Waals surface area contributed by atoms with Crippen molar-refractivity contribution in [3.8, 4) is 11.1 Å². The predicted molar refractivity (Wildman–Crippen MR) is 168 cm³/mol. The van der Waals surface area contributed by atoms with E-state index in [1.165, 1.54) is 5.56 Å². The zero-order valence-electron chi connectivity index (χ0n) is 25.8. The van der Waals surface area contributed by atoms with Crippen molar-refractivity contribution in [2.24, 2.45) is 0 Å². The molecule has 0 radical (unpaired) electrons. The average molecular weight is 631 g/mol. The minimum absolute atomic E-state index is 0.150. The lowest BCUT2D eigenvalue weighted by molar-refractivity contribution is -0.137. The van der Waals surface area contributed by atoms with E-state index in [9.17, 15) is 23.1 Å². The normalized spacial score (nSPS) is 20.1. The van der Waals surface area contributed by atoms with Crippen LogP contribution in [-0.4, -0.2) is 92.1 Å². The van der Waals surface area contributed by atoms with Crippen LogP contribution in [0, 0.1) is 0 Å². The number of hydrogen-bond donors (Lipinski definition) is 3. The second-order valence-electron chi connectivity index (χ2n) is 12.5. The lowest BCUT2D eigenvalue weighted by Gasteiger charge is -2.34. The number of carbonyl (C=O) groups is 1. The number of unbranched alkanes of at least 4 members (excludes halogenated alkanes) is 3. The number of halogens is 3. The third kappa shape index (κ3) is 9.64. The van der Waals surface area contributed by atoms with E-state index in [-0.39, 0.29) is 31.1 Å². The predicted octanol–water partition coefficient (Wildman–Crippen LogP) is 6.09. The number of aliphatic hydroxyl groups excluding tert-OH is 1. The summed E-state index contributed by atoms with van der Waals surface area (Å²) in [6.45, 7) is 5.77. The minimum Gasteiger partial charge on any atom is -0.481 e. The Morgan fingerprint density at radius 1 is 0.956 bits per heavy atom. The fourth-order valence-corrected chi connectivity index (χ4v) is 6.46. The molecule has 9 nitrogen and oxygen atoms in total. The Balaban J connectivity index is 1.20. The van der Waals surface area contributed by atoms with Crippen LogP contribution in [0.25, 0.3) is 22.2 Å². The van der Waals surface area contributed by atoms with E-state index in [4.69, 9.17) is 5.11 Å². The second-order valence-corrected chi connectivity index (χ2v) is 12.5. The van der Waals surface area contributed by atoms with Gasteiger partial charge in [0.15, 0.2) is 0 Å². The summed E-state index contributed by atoms with van der Waals surface area (Å²) in [5, 5.41) is 22.4. The maximum atomic E-state index is 12.7. The van der Waals surface area contributed by atoms with E-state index < -0.39 is 18.6 Å². The van der Waals surface area contributed by atoms with Crippen LogP contribution in [0.5, 0.6) is 0 Å². The van der Waals surface area contributed by atoms with Crippen molar-refractivity contribution in [3.05, 3.63) is 42.2 Å². The van der Waals surface area contributed by atoms with Crippen LogP contribution in [0.2, 0.25) is 0 Å². The molecule has 2 fully saturated rings. The number of aliphatic carboxylic acids is 1. The van der Waals surface area contributed by atoms with Crippen molar-refractivity contribution in [1.82, 2.24) is 24.3 Å². The van der Waals surface area contributed by atoms with Gasteiger partial charge < -0.3 is 25.0 Å². The highest BCUT2D eigenvalue weighted by Gasteiger charge is 2.27. The van der Waals surface area contributed by atoms with E-state index in [1.54, 1.807) is 6.20 Å². The number of aromatic nitrogens is 3. The fourth-order valence-electron chi connectivity index (χ4n) is 6.46. The molecule has 2 aliphatic rings. The van der Waals surface area contributed by atoms with Crippen LogP contribution in [-0.2, 0) is 11.3 Å². The zero-order chi connectivity index (χ0) is 31.8. The van der Waals surface area contributed by atoms with Crippen molar-refractivity contribution in [2.45, 2.75) is 89.1 Å². The Morgan fingerprint density at radius 3 is 2.33 bits per heavy atom. The first-order valence-corrected chi connectivity index (χ1v) is 16.3. The molecule has 0 unspecified atom stereocenters. The Morgan fingerprint density at radius 2 is 1.64 bits per heavy atom. The molecule has 3 heterocycles. The van der Waals surface area contributed by atoms with Gasteiger partial charge in [-0.15, -0.1) is 0 Å². The first-order valence-electron chi connectivity index (χ1n) is 16.3. The van der Waals surface area contributed by atoms with Gasteiger partial charge in [0, 0.05) is 75.1 Å². The van der Waals surface area contributed by atoms with Gasteiger partial charge in [-0.2, -0.15) is 18.2 Å². The first-order chi connectivity index (χ1) is 21.6. The molecule has 1 saturated heterocycles. The van der Waals surface area contributed by atoms with Crippen molar-refractivity contribution in [1.29, 1.82) is 0 Å². The van der Waals surface area contributed by atoms with Crippen LogP contribution in [0.4, 0.5) is 19.1 Å². The van der Waals surface area contributed by atoms with Gasteiger partial charge in [-0.25, -0.2) is 4.98 Å². The fraction of sp³-hybridized carbons (Fsp3) is 0.606. The SMILES string of the molecule is O=C(O)CCCCCCN1CCN(Cc2ccc(-c3cn(C4CCC(O)CC4)c4nc(NCCC(F)(F)F)ncc34)cc2)CC1. The molecule has 3 N–H and O–H groups in total. The van der Waals surface area contributed by atoms with Gasteiger partial charge in [-0.1, -0.05) is 37.1 Å². The van der Waals surface area contributed by atoms with Gasteiger partial charge in [0.25, 0.3) is 0 Å². The summed E-state index contributed by atoms with van der Waals surface area (Å²) in [6, 6.07) is 8.71. The van der Waals surface area contributed by atoms with Crippen LogP contribution in [0.15, 0.2) is 36.7 Å². The smallest absolute Gasteiger partial charge is 0.390 e. The first kappa shape index (κ1) is 33.2. The van der Waals surface area contributed by atoms with Crippen molar-refractivity contribution in [3.63, 3.8) is 0 Å². The Kier molecular flexibility index (Phi) is 11.3. The summed E-state index contributed by atoms with van der Waals surface area (Å²) in [5.41, 5.74) is 3.95. The van der Waals surface area contributed by atoms with Crippen LogP contribution < -0.4 is 5.32 Å². The third-order valence-electron chi connectivity index (χ3n) is 9.07. The highest BCUT2D eigenvalue weighted by molar-refractivity contribution is 5.94. The van der Waals surface area contributed by atoms with Gasteiger partial charge in [0.1, 0.15) is 5.65 Å².